The van der Waals surface area contributed by atoms with Gasteiger partial charge in [0.2, 0.25) is 0 Å². The topological polar surface area (TPSA) is 34.7 Å². The van der Waals surface area contributed by atoms with E-state index in [-0.39, 0.29) is 0 Å². The Balaban J connectivity index is 1.75. The molecule has 1 heterocycles. The van der Waals surface area contributed by atoms with Crippen molar-refractivity contribution in [3.63, 3.8) is 0 Å². The average Bonchev–Trinajstić information content (AvgIpc) is 3.03. The first-order chi connectivity index (χ1) is 10.7. The fourth-order valence-corrected chi connectivity index (χ4v) is 2.12. The third-order valence-corrected chi connectivity index (χ3v) is 3.42. The van der Waals surface area contributed by atoms with Gasteiger partial charge in [-0.3, -0.25) is 4.99 Å². The van der Waals surface area contributed by atoms with E-state index < -0.39 is 0 Å². The normalized spacial score (nSPS) is 11.0. The van der Waals surface area contributed by atoms with Crippen LogP contribution in [0.15, 0.2) is 70.1 Å². The van der Waals surface area contributed by atoms with Gasteiger partial charge in [-0.05, 0) is 60.7 Å². The number of halogens is 1. The van der Waals surface area contributed by atoms with Crippen LogP contribution in [0.4, 0.5) is 5.69 Å². The van der Waals surface area contributed by atoms with Crippen LogP contribution in [0, 0.1) is 0 Å². The van der Waals surface area contributed by atoms with Crippen molar-refractivity contribution in [2.45, 2.75) is 0 Å². The predicted octanol–water partition coefficient (Wildman–Crippen LogP) is 5.36. The lowest BCUT2D eigenvalue weighted by molar-refractivity contribution is 0.415. The summed E-state index contributed by atoms with van der Waals surface area (Å²) in [6.07, 6.45) is 1.70. The maximum atomic E-state index is 5.88. The number of hydrogen-bond acceptors (Lipinski definition) is 3. The average molecular weight is 312 g/mol. The van der Waals surface area contributed by atoms with Crippen LogP contribution >= 0.6 is 11.6 Å². The summed E-state index contributed by atoms with van der Waals surface area (Å²) < 4.78 is 10.9. The second-order valence-electron chi connectivity index (χ2n) is 4.67. The van der Waals surface area contributed by atoms with E-state index in [9.17, 15) is 0 Å². The minimum Gasteiger partial charge on any atom is -0.497 e. The molecule has 0 radical (unpaired) electrons. The zero-order chi connectivity index (χ0) is 15.4. The molecule has 1 aromatic heterocycles. The summed E-state index contributed by atoms with van der Waals surface area (Å²) >= 11 is 5.88. The number of furan rings is 1. The van der Waals surface area contributed by atoms with Gasteiger partial charge >= 0.3 is 0 Å². The van der Waals surface area contributed by atoms with E-state index in [0.717, 1.165) is 22.8 Å². The minimum absolute atomic E-state index is 0.695. The first kappa shape index (κ1) is 14.4. The van der Waals surface area contributed by atoms with E-state index in [0.29, 0.717) is 10.8 Å². The van der Waals surface area contributed by atoms with E-state index >= 15 is 0 Å². The molecule has 3 aromatic rings. The molecule has 0 fully saturated rings. The van der Waals surface area contributed by atoms with Crippen molar-refractivity contribution in [3.05, 3.63) is 71.4 Å². The Kier molecular flexibility index (Phi) is 4.26. The summed E-state index contributed by atoms with van der Waals surface area (Å²) in [6, 6.07) is 18.8. The zero-order valence-electron chi connectivity index (χ0n) is 12.0. The van der Waals surface area contributed by atoms with Crippen molar-refractivity contribution in [2.24, 2.45) is 4.99 Å². The van der Waals surface area contributed by atoms with E-state index in [4.69, 9.17) is 20.8 Å². The van der Waals surface area contributed by atoms with Crippen LogP contribution in [-0.4, -0.2) is 13.3 Å². The lowest BCUT2D eigenvalue weighted by atomic mass is 10.2. The maximum absolute atomic E-state index is 5.88. The molecule has 0 amide bonds. The van der Waals surface area contributed by atoms with Gasteiger partial charge in [-0.15, -0.1) is 0 Å². The number of benzene rings is 2. The highest BCUT2D eigenvalue weighted by atomic mass is 35.5. The number of aliphatic imine (C=N–C) groups is 1. The number of methoxy groups -OCH3 is 1. The summed E-state index contributed by atoms with van der Waals surface area (Å²) in [4.78, 5) is 4.38. The van der Waals surface area contributed by atoms with Crippen molar-refractivity contribution in [2.75, 3.05) is 7.11 Å². The standard InChI is InChI=1S/C18H14ClNO2/c1-21-16-8-6-15(7-9-16)20-12-17-10-11-18(22-17)13-2-4-14(19)5-3-13/h2-12H,1H3. The molecule has 0 unspecified atom stereocenters. The first-order valence-electron chi connectivity index (χ1n) is 6.78. The molecular weight excluding hydrogens is 298 g/mol. The van der Waals surface area contributed by atoms with Crippen LogP contribution in [-0.2, 0) is 0 Å². The van der Waals surface area contributed by atoms with E-state index in [2.05, 4.69) is 4.99 Å². The van der Waals surface area contributed by atoms with Crippen molar-refractivity contribution in [3.8, 4) is 17.1 Å². The first-order valence-corrected chi connectivity index (χ1v) is 7.16. The molecule has 110 valence electrons. The van der Waals surface area contributed by atoms with Crippen molar-refractivity contribution in [1.82, 2.24) is 0 Å². The third-order valence-electron chi connectivity index (χ3n) is 3.17. The molecule has 3 rings (SSSR count). The predicted molar refractivity (Wildman–Crippen MR) is 89.4 cm³/mol. The smallest absolute Gasteiger partial charge is 0.145 e. The van der Waals surface area contributed by atoms with Gasteiger partial charge in [0.15, 0.2) is 0 Å². The summed E-state index contributed by atoms with van der Waals surface area (Å²) in [5.74, 6) is 2.29. The van der Waals surface area contributed by atoms with Gasteiger partial charge in [-0.25, -0.2) is 0 Å². The Morgan fingerprint density at radius 2 is 1.68 bits per heavy atom. The Morgan fingerprint density at radius 1 is 0.955 bits per heavy atom. The van der Waals surface area contributed by atoms with E-state index in [1.807, 2.05) is 60.7 Å². The fourth-order valence-electron chi connectivity index (χ4n) is 2.00. The molecule has 2 aromatic carbocycles. The third kappa shape index (κ3) is 3.38. The second kappa shape index (κ2) is 6.50. The van der Waals surface area contributed by atoms with E-state index in [1.54, 1.807) is 13.3 Å². The van der Waals surface area contributed by atoms with Crippen molar-refractivity contribution in [1.29, 1.82) is 0 Å². The van der Waals surface area contributed by atoms with Gasteiger partial charge in [0.25, 0.3) is 0 Å². The molecule has 0 N–H and O–H groups in total. The Labute approximate surface area is 133 Å². The van der Waals surface area contributed by atoms with Gasteiger partial charge in [-0.2, -0.15) is 0 Å². The number of ether oxygens (including phenoxy) is 1. The molecule has 4 heteroatoms. The lowest BCUT2D eigenvalue weighted by Gasteiger charge is -1.98. The Hall–Kier alpha value is -2.52. The molecule has 0 aliphatic heterocycles. The quantitative estimate of drug-likeness (QED) is 0.608. The van der Waals surface area contributed by atoms with Crippen LogP contribution < -0.4 is 4.74 Å². The fraction of sp³-hybridized carbons (Fsp3) is 0.0556. The van der Waals surface area contributed by atoms with Gasteiger partial charge < -0.3 is 9.15 Å². The SMILES string of the molecule is COc1ccc(N=Cc2ccc(-c3ccc(Cl)cc3)o2)cc1. The van der Waals surface area contributed by atoms with Crippen LogP contribution in [0.5, 0.6) is 5.75 Å². The largest absolute Gasteiger partial charge is 0.497 e. The van der Waals surface area contributed by atoms with Gasteiger partial charge in [0.1, 0.15) is 17.3 Å². The molecule has 22 heavy (non-hydrogen) atoms. The Morgan fingerprint density at radius 3 is 2.36 bits per heavy atom. The number of hydrogen-bond donors (Lipinski definition) is 0. The molecule has 0 spiro atoms. The van der Waals surface area contributed by atoms with Crippen molar-refractivity contribution < 1.29 is 9.15 Å². The minimum atomic E-state index is 0.695. The Bertz CT molecular complexity index is 774. The molecule has 0 aliphatic carbocycles. The molecule has 0 saturated heterocycles. The number of nitrogens with zero attached hydrogens (tertiary/aromatic N) is 1. The molecule has 0 saturated carbocycles. The molecule has 0 bridgehead atoms. The highest BCUT2D eigenvalue weighted by Crippen LogP contribution is 2.24. The second-order valence-corrected chi connectivity index (χ2v) is 5.10. The molecular formula is C18H14ClNO2. The number of rotatable bonds is 4. The summed E-state index contributed by atoms with van der Waals surface area (Å²) in [6.45, 7) is 0. The lowest BCUT2D eigenvalue weighted by Crippen LogP contribution is -1.80. The van der Waals surface area contributed by atoms with Gasteiger partial charge in [-0.1, -0.05) is 11.6 Å². The van der Waals surface area contributed by atoms with Gasteiger partial charge in [0.05, 0.1) is 19.0 Å². The summed E-state index contributed by atoms with van der Waals surface area (Å²) in [5, 5.41) is 0.705. The zero-order valence-corrected chi connectivity index (χ0v) is 12.7. The van der Waals surface area contributed by atoms with Crippen molar-refractivity contribution >= 4 is 23.5 Å². The van der Waals surface area contributed by atoms with Gasteiger partial charge in [0, 0.05) is 10.6 Å². The van der Waals surface area contributed by atoms with Crippen LogP contribution in [0.3, 0.4) is 0 Å². The van der Waals surface area contributed by atoms with E-state index in [1.165, 1.54) is 0 Å². The maximum Gasteiger partial charge on any atom is 0.145 e. The molecule has 3 nitrogen and oxygen atoms in total. The van der Waals surface area contributed by atoms with Crippen LogP contribution in [0.1, 0.15) is 5.76 Å². The summed E-state index contributed by atoms with van der Waals surface area (Å²) in [5.41, 5.74) is 1.82. The monoisotopic (exact) mass is 311 g/mol. The van der Waals surface area contributed by atoms with Crippen LogP contribution in [0.2, 0.25) is 5.02 Å². The highest BCUT2D eigenvalue weighted by molar-refractivity contribution is 6.30. The summed E-state index contributed by atoms with van der Waals surface area (Å²) in [7, 11) is 1.64. The highest BCUT2D eigenvalue weighted by Gasteiger charge is 2.03. The molecule has 0 atom stereocenters. The van der Waals surface area contributed by atoms with Crippen LogP contribution in [0.25, 0.3) is 11.3 Å². The molecule has 0 aliphatic rings.